The number of hydrogen-bond acceptors (Lipinski definition) is 3. The minimum Gasteiger partial charge on any atom is -0.492 e. The summed E-state index contributed by atoms with van der Waals surface area (Å²) in [6.45, 7) is 3.09. The molecule has 0 atom stereocenters. The molecule has 1 fully saturated rings. The Labute approximate surface area is 173 Å². The van der Waals surface area contributed by atoms with E-state index in [-0.39, 0.29) is 23.7 Å². The van der Waals surface area contributed by atoms with Crippen LogP contribution in [0.5, 0.6) is 5.75 Å². The van der Waals surface area contributed by atoms with Gasteiger partial charge < -0.3 is 15.0 Å². The van der Waals surface area contributed by atoms with Gasteiger partial charge in [0.2, 0.25) is 11.8 Å². The van der Waals surface area contributed by atoms with E-state index in [0.717, 1.165) is 31.2 Å². The summed E-state index contributed by atoms with van der Waals surface area (Å²) >= 11 is 0. The fraction of sp³-hybridized carbons (Fsp3) is 0.417. The van der Waals surface area contributed by atoms with Crippen molar-refractivity contribution in [1.82, 2.24) is 4.90 Å². The van der Waals surface area contributed by atoms with Crippen LogP contribution in [0.2, 0.25) is 0 Å². The molecular weight excluding hydrogens is 364 g/mol. The lowest BCUT2D eigenvalue weighted by Crippen LogP contribution is -2.36. The SMILES string of the molecule is CCOc1ccccc1NC(=O)C1CCC(C(=O)N(C)Cc2ccccc2)CC1. The van der Waals surface area contributed by atoms with Crippen molar-refractivity contribution in [2.45, 2.75) is 39.2 Å². The fourth-order valence-corrected chi connectivity index (χ4v) is 3.94. The molecule has 0 heterocycles. The molecule has 0 unspecified atom stereocenters. The highest BCUT2D eigenvalue weighted by Crippen LogP contribution is 2.32. The second kappa shape index (κ2) is 10.1. The van der Waals surface area contributed by atoms with Crippen LogP contribution < -0.4 is 10.1 Å². The van der Waals surface area contributed by atoms with Crippen molar-refractivity contribution in [1.29, 1.82) is 0 Å². The van der Waals surface area contributed by atoms with Gasteiger partial charge in [-0.2, -0.15) is 0 Å². The average molecular weight is 395 g/mol. The summed E-state index contributed by atoms with van der Waals surface area (Å²) in [6.07, 6.45) is 2.97. The fourth-order valence-electron chi connectivity index (χ4n) is 3.94. The first-order chi connectivity index (χ1) is 14.1. The van der Waals surface area contributed by atoms with Crippen LogP contribution in [0.1, 0.15) is 38.2 Å². The van der Waals surface area contributed by atoms with Crippen LogP contribution in [0.3, 0.4) is 0 Å². The van der Waals surface area contributed by atoms with Crippen molar-refractivity contribution in [3.8, 4) is 5.75 Å². The Morgan fingerprint density at radius 2 is 1.59 bits per heavy atom. The van der Waals surface area contributed by atoms with E-state index in [0.29, 0.717) is 24.6 Å². The first kappa shape index (κ1) is 20.9. The topological polar surface area (TPSA) is 58.6 Å². The van der Waals surface area contributed by atoms with Gasteiger partial charge in [0.15, 0.2) is 0 Å². The number of carbonyl (C=O) groups excluding carboxylic acids is 2. The number of nitrogens with one attached hydrogen (secondary N) is 1. The quantitative estimate of drug-likeness (QED) is 0.753. The van der Waals surface area contributed by atoms with Crippen LogP contribution >= 0.6 is 0 Å². The molecule has 29 heavy (non-hydrogen) atoms. The highest BCUT2D eigenvalue weighted by atomic mass is 16.5. The molecule has 154 valence electrons. The van der Waals surface area contributed by atoms with Gasteiger partial charge in [0.1, 0.15) is 5.75 Å². The van der Waals surface area contributed by atoms with Gasteiger partial charge in [-0.15, -0.1) is 0 Å². The van der Waals surface area contributed by atoms with E-state index in [1.54, 1.807) is 4.90 Å². The van der Waals surface area contributed by atoms with E-state index in [9.17, 15) is 9.59 Å². The Hall–Kier alpha value is -2.82. The Morgan fingerprint density at radius 3 is 2.28 bits per heavy atom. The van der Waals surface area contributed by atoms with Crippen molar-refractivity contribution in [2.75, 3.05) is 19.0 Å². The lowest BCUT2D eigenvalue weighted by molar-refractivity contribution is -0.137. The highest BCUT2D eigenvalue weighted by Gasteiger charge is 2.31. The molecule has 1 N–H and O–H groups in total. The van der Waals surface area contributed by atoms with E-state index in [4.69, 9.17) is 4.74 Å². The van der Waals surface area contributed by atoms with Gasteiger partial charge in [-0.3, -0.25) is 9.59 Å². The molecule has 2 aromatic rings. The van der Waals surface area contributed by atoms with Gasteiger partial charge in [0.25, 0.3) is 0 Å². The third-order valence-corrected chi connectivity index (χ3v) is 5.53. The molecule has 2 aromatic carbocycles. The summed E-state index contributed by atoms with van der Waals surface area (Å²) in [4.78, 5) is 27.3. The lowest BCUT2D eigenvalue weighted by atomic mass is 9.81. The minimum atomic E-state index is -0.0619. The number of benzene rings is 2. The maximum Gasteiger partial charge on any atom is 0.227 e. The Bertz CT molecular complexity index is 814. The van der Waals surface area contributed by atoms with Crippen molar-refractivity contribution in [2.24, 2.45) is 11.8 Å². The zero-order valence-electron chi connectivity index (χ0n) is 17.3. The number of rotatable bonds is 7. The van der Waals surface area contributed by atoms with Gasteiger partial charge in [-0.1, -0.05) is 42.5 Å². The van der Waals surface area contributed by atoms with Crippen LogP contribution in [-0.2, 0) is 16.1 Å². The van der Waals surface area contributed by atoms with Crippen molar-refractivity contribution in [3.05, 3.63) is 60.2 Å². The van der Waals surface area contributed by atoms with Crippen LogP contribution in [0.4, 0.5) is 5.69 Å². The number of carbonyl (C=O) groups is 2. The molecule has 5 nitrogen and oxygen atoms in total. The predicted octanol–water partition coefficient (Wildman–Crippen LogP) is 4.49. The summed E-state index contributed by atoms with van der Waals surface area (Å²) in [5.74, 6) is 0.821. The molecule has 1 aliphatic carbocycles. The van der Waals surface area contributed by atoms with E-state index in [2.05, 4.69) is 5.32 Å². The number of anilines is 1. The number of nitrogens with zero attached hydrogens (tertiary/aromatic N) is 1. The standard InChI is InChI=1S/C24H30N2O3/c1-3-29-22-12-8-7-11-21(22)25-23(27)19-13-15-20(16-14-19)24(28)26(2)17-18-9-5-4-6-10-18/h4-12,19-20H,3,13-17H2,1-2H3,(H,25,27). The van der Waals surface area contributed by atoms with Gasteiger partial charge in [0.05, 0.1) is 12.3 Å². The third-order valence-electron chi connectivity index (χ3n) is 5.53. The second-order valence-corrected chi connectivity index (χ2v) is 7.65. The summed E-state index contributed by atoms with van der Waals surface area (Å²) < 4.78 is 5.58. The molecule has 0 spiro atoms. The van der Waals surface area contributed by atoms with Crippen LogP contribution in [-0.4, -0.2) is 30.4 Å². The van der Waals surface area contributed by atoms with E-state index < -0.39 is 0 Å². The van der Waals surface area contributed by atoms with Crippen LogP contribution in [0.15, 0.2) is 54.6 Å². The van der Waals surface area contributed by atoms with E-state index >= 15 is 0 Å². The molecule has 5 heteroatoms. The number of amides is 2. The predicted molar refractivity (Wildman–Crippen MR) is 115 cm³/mol. The molecule has 3 rings (SSSR count). The monoisotopic (exact) mass is 394 g/mol. The van der Waals surface area contributed by atoms with Gasteiger partial charge in [0, 0.05) is 25.4 Å². The molecule has 0 radical (unpaired) electrons. The molecule has 2 amide bonds. The van der Waals surface area contributed by atoms with E-state index in [1.165, 1.54) is 0 Å². The van der Waals surface area contributed by atoms with Crippen LogP contribution in [0, 0.1) is 11.8 Å². The zero-order valence-corrected chi connectivity index (χ0v) is 17.3. The number of hydrogen-bond donors (Lipinski definition) is 1. The van der Waals surface area contributed by atoms with Crippen LogP contribution in [0.25, 0.3) is 0 Å². The third kappa shape index (κ3) is 5.59. The van der Waals surface area contributed by atoms with Gasteiger partial charge in [-0.25, -0.2) is 0 Å². The first-order valence-corrected chi connectivity index (χ1v) is 10.4. The maximum atomic E-state index is 12.8. The number of ether oxygens (including phenoxy) is 1. The summed E-state index contributed by atoms with van der Waals surface area (Å²) in [7, 11) is 1.86. The molecule has 1 saturated carbocycles. The van der Waals surface area contributed by atoms with Crippen molar-refractivity contribution < 1.29 is 14.3 Å². The summed E-state index contributed by atoms with van der Waals surface area (Å²) in [5, 5.41) is 3.01. The molecule has 0 saturated heterocycles. The normalized spacial score (nSPS) is 18.7. The Kier molecular flexibility index (Phi) is 7.28. The molecule has 0 aromatic heterocycles. The maximum absolute atomic E-state index is 12.8. The Balaban J connectivity index is 1.51. The smallest absolute Gasteiger partial charge is 0.227 e. The van der Waals surface area contributed by atoms with Crippen molar-refractivity contribution >= 4 is 17.5 Å². The molecule has 0 bridgehead atoms. The first-order valence-electron chi connectivity index (χ1n) is 10.4. The van der Waals surface area contributed by atoms with Gasteiger partial charge >= 0.3 is 0 Å². The van der Waals surface area contributed by atoms with E-state index in [1.807, 2.05) is 68.6 Å². The number of para-hydroxylation sites is 2. The summed E-state index contributed by atoms with van der Waals surface area (Å²) in [5.41, 5.74) is 1.84. The second-order valence-electron chi connectivity index (χ2n) is 7.65. The highest BCUT2D eigenvalue weighted by molar-refractivity contribution is 5.94. The summed E-state index contributed by atoms with van der Waals surface area (Å²) in [6, 6.07) is 17.5. The Morgan fingerprint density at radius 1 is 0.966 bits per heavy atom. The van der Waals surface area contributed by atoms with Gasteiger partial charge in [-0.05, 0) is 50.3 Å². The molecule has 1 aliphatic rings. The van der Waals surface area contributed by atoms with Crippen molar-refractivity contribution in [3.63, 3.8) is 0 Å². The molecule has 0 aliphatic heterocycles. The largest absolute Gasteiger partial charge is 0.492 e. The zero-order chi connectivity index (χ0) is 20.6. The lowest BCUT2D eigenvalue weighted by Gasteiger charge is -2.30. The molecular formula is C24H30N2O3. The average Bonchev–Trinajstić information content (AvgIpc) is 2.75. The minimum absolute atomic E-state index is 0.00322.